The normalized spacial score (nSPS) is 19.3. The number of hydrogen-bond donors (Lipinski definition) is 0. The molecular formula is C19H18N2O4. The van der Waals surface area contributed by atoms with E-state index in [9.17, 15) is 0 Å². The zero-order valence-corrected chi connectivity index (χ0v) is 13.7. The minimum atomic E-state index is 0.0523. The Hall–Kier alpha value is -2.73. The Bertz CT molecular complexity index is 892. The predicted molar refractivity (Wildman–Crippen MR) is 89.9 cm³/mol. The van der Waals surface area contributed by atoms with Gasteiger partial charge in [0.2, 0.25) is 6.79 Å². The van der Waals surface area contributed by atoms with Crippen LogP contribution in [0.3, 0.4) is 0 Å². The lowest BCUT2D eigenvalue weighted by Gasteiger charge is -2.20. The molecule has 128 valence electrons. The molecule has 0 spiro atoms. The minimum absolute atomic E-state index is 0.0523. The Morgan fingerprint density at radius 2 is 2.00 bits per heavy atom. The van der Waals surface area contributed by atoms with Gasteiger partial charge in [-0.05, 0) is 43.5 Å². The quantitative estimate of drug-likeness (QED) is 0.719. The highest BCUT2D eigenvalue weighted by atomic mass is 16.7. The van der Waals surface area contributed by atoms with Crippen LogP contribution in [-0.2, 0) is 4.74 Å². The van der Waals surface area contributed by atoms with Crippen molar-refractivity contribution in [2.75, 3.05) is 13.4 Å². The van der Waals surface area contributed by atoms with Gasteiger partial charge in [0.15, 0.2) is 23.1 Å². The van der Waals surface area contributed by atoms with Gasteiger partial charge in [-0.15, -0.1) is 0 Å². The first kappa shape index (κ1) is 14.6. The van der Waals surface area contributed by atoms with Gasteiger partial charge in [0.25, 0.3) is 0 Å². The highest BCUT2D eigenvalue weighted by Crippen LogP contribution is 2.36. The van der Waals surface area contributed by atoms with Gasteiger partial charge in [-0.2, -0.15) is 0 Å². The van der Waals surface area contributed by atoms with Crippen LogP contribution in [-0.4, -0.2) is 23.0 Å². The molecule has 2 aliphatic heterocycles. The van der Waals surface area contributed by atoms with E-state index in [2.05, 4.69) is 4.98 Å². The van der Waals surface area contributed by atoms with E-state index >= 15 is 0 Å². The molecule has 0 bridgehead atoms. The predicted octanol–water partition coefficient (Wildman–Crippen LogP) is 4.10. The molecule has 6 nitrogen and oxygen atoms in total. The van der Waals surface area contributed by atoms with Gasteiger partial charge in [-0.1, -0.05) is 0 Å². The van der Waals surface area contributed by atoms with Crippen LogP contribution >= 0.6 is 0 Å². The van der Waals surface area contributed by atoms with E-state index in [1.165, 1.54) is 6.42 Å². The second-order valence-corrected chi connectivity index (χ2v) is 6.22. The summed E-state index contributed by atoms with van der Waals surface area (Å²) in [5, 5.41) is 0. The van der Waals surface area contributed by atoms with Gasteiger partial charge >= 0.3 is 0 Å². The van der Waals surface area contributed by atoms with Gasteiger partial charge in [-0.3, -0.25) is 4.57 Å². The minimum Gasteiger partial charge on any atom is -0.455 e. The molecule has 1 fully saturated rings. The molecule has 6 heteroatoms. The first-order valence-electron chi connectivity index (χ1n) is 8.53. The largest absolute Gasteiger partial charge is 0.455 e. The molecule has 0 N–H and O–H groups in total. The van der Waals surface area contributed by atoms with E-state index in [-0.39, 0.29) is 12.9 Å². The average molecular weight is 338 g/mol. The Morgan fingerprint density at radius 1 is 1.04 bits per heavy atom. The van der Waals surface area contributed by atoms with Gasteiger partial charge in [-0.25, -0.2) is 4.98 Å². The second-order valence-electron chi connectivity index (χ2n) is 6.22. The molecule has 2 aliphatic rings. The number of benzene rings is 1. The molecule has 1 saturated heterocycles. The summed E-state index contributed by atoms with van der Waals surface area (Å²) in [6, 6.07) is 9.78. The summed E-state index contributed by atoms with van der Waals surface area (Å²) in [7, 11) is 0. The van der Waals surface area contributed by atoms with Gasteiger partial charge < -0.3 is 18.6 Å². The van der Waals surface area contributed by atoms with Crippen molar-refractivity contribution in [3.63, 3.8) is 0 Å². The van der Waals surface area contributed by atoms with Crippen LogP contribution in [0.25, 0.3) is 17.3 Å². The lowest BCUT2D eigenvalue weighted by Crippen LogP contribution is -2.10. The summed E-state index contributed by atoms with van der Waals surface area (Å²) < 4.78 is 24.7. The lowest BCUT2D eigenvalue weighted by atomic mass is 10.1. The van der Waals surface area contributed by atoms with Crippen molar-refractivity contribution in [1.82, 2.24) is 9.55 Å². The zero-order chi connectivity index (χ0) is 16.6. The number of imidazole rings is 1. The van der Waals surface area contributed by atoms with Crippen molar-refractivity contribution in [3.8, 4) is 28.8 Å². The fourth-order valence-electron chi connectivity index (χ4n) is 3.34. The molecule has 1 atom stereocenters. The number of furan rings is 1. The third-order valence-corrected chi connectivity index (χ3v) is 4.62. The highest BCUT2D eigenvalue weighted by molar-refractivity contribution is 5.56. The maximum atomic E-state index is 6.06. The number of ether oxygens (including phenoxy) is 3. The van der Waals surface area contributed by atoms with Gasteiger partial charge in [0.05, 0.1) is 5.69 Å². The van der Waals surface area contributed by atoms with E-state index < -0.39 is 0 Å². The standard InChI is InChI=1S/C19H18N2O4/c1-2-10-22-14(3-1)16-6-7-17(25-16)19-20-8-9-21(19)13-4-5-15-18(11-13)24-12-23-15/h4-9,11,14H,1-3,10,12H2/t14-/m1/s1. The van der Waals surface area contributed by atoms with E-state index in [1.807, 2.05) is 41.1 Å². The summed E-state index contributed by atoms with van der Waals surface area (Å²) in [5.41, 5.74) is 0.948. The Kier molecular flexibility index (Phi) is 3.48. The SMILES string of the molecule is c1cn(-c2ccc3c(c2)OCO3)c(-c2ccc([C@H]3CCCCO3)o2)n1. The number of hydrogen-bond acceptors (Lipinski definition) is 5. The fourth-order valence-corrected chi connectivity index (χ4v) is 3.34. The van der Waals surface area contributed by atoms with E-state index in [1.54, 1.807) is 6.20 Å². The average Bonchev–Trinajstić information content (AvgIpc) is 3.40. The molecule has 25 heavy (non-hydrogen) atoms. The van der Waals surface area contributed by atoms with Crippen molar-refractivity contribution in [2.24, 2.45) is 0 Å². The maximum Gasteiger partial charge on any atom is 0.231 e. The van der Waals surface area contributed by atoms with Crippen LogP contribution in [0.5, 0.6) is 11.5 Å². The summed E-state index contributed by atoms with van der Waals surface area (Å²) >= 11 is 0. The molecule has 1 aromatic carbocycles. The molecule has 3 aromatic rings. The van der Waals surface area contributed by atoms with Crippen molar-refractivity contribution >= 4 is 0 Å². The first-order valence-corrected chi connectivity index (χ1v) is 8.53. The molecule has 0 aliphatic carbocycles. The third kappa shape index (κ3) is 2.59. The van der Waals surface area contributed by atoms with E-state index in [0.717, 1.165) is 54.0 Å². The smallest absolute Gasteiger partial charge is 0.231 e. The third-order valence-electron chi connectivity index (χ3n) is 4.62. The van der Waals surface area contributed by atoms with Crippen LogP contribution in [0.4, 0.5) is 0 Å². The Balaban J connectivity index is 1.48. The van der Waals surface area contributed by atoms with Gasteiger partial charge in [0, 0.05) is 25.1 Å². The van der Waals surface area contributed by atoms with Crippen molar-refractivity contribution in [1.29, 1.82) is 0 Å². The Labute approximate surface area is 144 Å². The topological polar surface area (TPSA) is 58.7 Å². The highest BCUT2D eigenvalue weighted by Gasteiger charge is 2.22. The van der Waals surface area contributed by atoms with Crippen LogP contribution in [0.1, 0.15) is 31.1 Å². The lowest BCUT2D eigenvalue weighted by molar-refractivity contribution is 0.00219. The summed E-state index contributed by atoms with van der Waals surface area (Å²) in [6.07, 6.45) is 7.02. The molecule has 0 radical (unpaired) electrons. The van der Waals surface area contributed by atoms with E-state index in [4.69, 9.17) is 18.6 Å². The van der Waals surface area contributed by atoms with Crippen molar-refractivity contribution in [3.05, 3.63) is 48.5 Å². The molecule has 0 saturated carbocycles. The summed E-state index contributed by atoms with van der Waals surface area (Å²) in [6.45, 7) is 1.06. The number of nitrogens with zero attached hydrogens (tertiary/aromatic N) is 2. The van der Waals surface area contributed by atoms with Crippen molar-refractivity contribution in [2.45, 2.75) is 25.4 Å². The van der Waals surface area contributed by atoms with Crippen LogP contribution < -0.4 is 9.47 Å². The molecule has 0 unspecified atom stereocenters. The molecular weight excluding hydrogens is 320 g/mol. The monoisotopic (exact) mass is 338 g/mol. The van der Waals surface area contributed by atoms with Crippen molar-refractivity contribution < 1.29 is 18.6 Å². The summed E-state index contributed by atoms with van der Waals surface area (Å²) in [4.78, 5) is 4.47. The second kappa shape index (κ2) is 5.97. The van der Waals surface area contributed by atoms with Crippen LogP contribution in [0.2, 0.25) is 0 Å². The van der Waals surface area contributed by atoms with Crippen LogP contribution in [0.15, 0.2) is 47.1 Å². The molecule has 0 amide bonds. The molecule has 5 rings (SSSR count). The number of aromatic nitrogens is 2. The van der Waals surface area contributed by atoms with Crippen LogP contribution in [0, 0.1) is 0 Å². The first-order chi connectivity index (χ1) is 12.4. The fraction of sp³-hybridized carbons (Fsp3) is 0.316. The maximum absolute atomic E-state index is 6.06. The number of fused-ring (bicyclic) bond motifs is 1. The molecule has 2 aromatic heterocycles. The number of rotatable bonds is 3. The van der Waals surface area contributed by atoms with Gasteiger partial charge in [0.1, 0.15) is 11.9 Å². The zero-order valence-electron chi connectivity index (χ0n) is 13.7. The Morgan fingerprint density at radius 3 is 2.92 bits per heavy atom. The molecule has 4 heterocycles. The summed E-state index contributed by atoms with van der Waals surface area (Å²) in [5.74, 6) is 3.86. The van der Waals surface area contributed by atoms with E-state index in [0.29, 0.717) is 0 Å².